The fourth-order valence-electron chi connectivity index (χ4n) is 3.26. The van der Waals surface area contributed by atoms with E-state index in [1.807, 2.05) is 4.90 Å². The lowest BCUT2D eigenvalue weighted by atomic mass is 10.1. The number of hydrogen-bond acceptors (Lipinski definition) is 3. The Morgan fingerprint density at radius 2 is 1.81 bits per heavy atom. The topological polar surface area (TPSA) is 61.4 Å². The predicted octanol–water partition coefficient (Wildman–Crippen LogP) is 2.35. The van der Waals surface area contributed by atoms with Crippen LogP contribution in [-0.2, 0) is 11.3 Å². The molecule has 2 heterocycles. The van der Waals surface area contributed by atoms with Crippen molar-refractivity contribution in [2.75, 3.05) is 19.6 Å². The average Bonchev–Trinajstić information content (AvgIpc) is 3.00. The maximum atomic E-state index is 13.1. The van der Waals surface area contributed by atoms with Crippen LogP contribution < -0.4 is 10.6 Å². The van der Waals surface area contributed by atoms with Crippen LogP contribution in [0.5, 0.6) is 0 Å². The molecule has 5 nitrogen and oxygen atoms in total. The molecule has 1 unspecified atom stereocenters. The molecule has 26 heavy (non-hydrogen) atoms. The van der Waals surface area contributed by atoms with Gasteiger partial charge < -0.3 is 10.2 Å². The van der Waals surface area contributed by atoms with Gasteiger partial charge in [-0.2, -0.15) is 0 Å². The second-order valence-corrected chi connectivity index (χ2v) is 6.76. The molecule has 1 aromatic rings. The number of halogens is 3. The fraction of sp³-hybridized carbons (Fsp3) is 0.556. The van der Waals surface area contributed by atoms with Gasteiger partial charge in [-0.3, -0.25) is 14.9 Å². The van der Waals surface area contributed by atoms with E-state index in [2.05, 4.69) is 10.6 Å². The third kappa shape index (κ3) is 5.14. The Bertz CT molecular complexity index is 634. The van der Waals surface area contributed by atoms with E-state index >= 15 is 0 Å². The summed E-state index contributed by atoms with van der Waals surface area (Å²) in [4.78, 5) is 26.2. The molecular weight excluding hydrogens is 364 g/mol. The first-order chi connectivity index (χ1) is 11.9. The van der Waals surface area contributed by atoms with Crippen molar-refractivity contribution in [3.8, 4) is 0 Å². The summed E-state index contributed by atoms with van der Waals surface area (Å²) in [6.07, 6.45) is 2.79. The maximum absolute atomic E-state index is 13.1. The van der Waals surface area contributed by atoms with Gasteiger partial charge in [-0.15, -0.1) is 12.4 Å². The molecule has 2 N–H and O–H groups in total. The van der Waals surface area contributed by atoms with Crippen LogP contribution in [-0.4, -0.2) is 48.3 Å². The molecule has 2 aliphatic rings. The van der Waals surface area contributed by atoms with Gasteiger partial charge >= 0.3 is 0 Å². The second-order valence-electron chi connectivity index (χ2n) is 6.76. The number of hydrogen-bond donors (Lipinski definition) is 2. The predicted molar refractivity (Wildman–Crippen MR) is 96.6 cm³/mol. The normalized spacial score (nSPS) is 21.8. The molecule has 144 valence electrons. The molecule has 1 aromatic carbocycles. The van der Waals surface area contributed by atoms with Gasteiger partial charge in [0.1, 0.15) is 0 Å². The van der Waals surface area contributed by atoms with E-state index in [0.717, 1.165) is 31.5 Å². The number of amides is 2. The fourth-order valence-corrected chi connectivity index (χ4v) is 3.26. The van der Waals surface area contributed by atoms with Crippen LogP contribution >= 0.6 is 12.4 Å². The monoisotopic (exact) mass is 387 g/mol. The van der Waals surface area contributed by atoms with E-state index in [4.69, 9.17) is 0 Å². The molecule has 2 amide bonds. The molecule has 2 fully saturated rings. The van der Waals surface area contributed by atoms with Crippen molar-refractivity contribution >= 4 is 24.2 Å². The van der Waals surface area contributed by atoms with E-state index in [0.29, 0.717) is 5.56 Å². The largest absolute Gasteiger partial charge is 0.351 e. The Morgan fingerprint density at radius 3 is 2.38 bits per heavy atom. The minimum atomic E-state index is -2.82. The number of likely N-dealkylation sites (tertiary alicyclic amines) is 1. The number of carbonyl (C=O) groups is 2. The molecule has 2 saturated heterocycles. The minimum Gasteiger partial charge on any atom is -0.351 e. The van der Waals surface area contributed by atoms with Gasteiger partial charge in [0.2, 0.25) is 5.91 Å². The molecule has 0 bridgehead atoms. The third-order valence-electron chi connectivity index (χ3n) is 4.74. The Hall–Kier alpha value is -1.73. The minimum absolute atomic E-state index is 0. The van der Waals surface area contributed by atoms with Crippen LogP contribution in [0.3, 0.4) is 0 Å². The average molecular weight is 388 g/mol. The van der Waals surface area contributed by atoms with Crippen LogP contribution in [0, 0.1) is 0 Å². The van der Waals surface area contributed by atoms with Crippen molar-refractivity contribution in [2.24, 2.45) is 0 Å². The number of rotatable bonds is 4. The summed E-state index contributed by atoms with van der Waals surface area (Å²) >= 11 is 0. The van der Waals surface area contributed by atoms with Crippen LogP contribution in [0.15, 0.2) is 24.3 Å². The van der Waals surface area contributed by atoms with E-state index in [1.54, 1.807) is 24.3 Å². The van der Waals surface area contributed by atoms with Crippen LogP contribution in [0.1, 0.15) is 41.6 Å². The van der Waals surface area contributed by atoms with Gasteiger partial charge in [-0.05, 0) is 37.0 Å². The second kappa shape index (κ2) is 8.77. The van der Waals surface area contributed by atoms with E-state index in [1.165, 1.54) is 6.42 Å². The molecule has 0 aromatic heterocycles. The first-order valence-corrected chi connectivity index (χ1v) is 8.72. The SMILES string of the molecule is Cl.O=C(NCc1ccc(C(=O)N2CCCCC2)cc1)C1CC(F)(F)CN1. The number of carbonyl (C=O) groups excluding carboxylic acids is 2. The van der Waals surface area contributed by atoms with Gasteiger partial charge in [0.25, 0.3) is 11.8 Å². The first kappa shape index (κ1) is 20.6. The summed E-state index contributed by atoms with van der Waals surface area (Å²) in [6, 6.07) is 6.22. The number of nitrogens with one attached hydrogen (secondary N) is 2. The highest BCUT2D eigenvalue weighted by atomic mass is 35.5. The van der Waals surface area contributed by atoms with Crippen molar-refractivity contribution in [3.63, 3.8) is 0 Å². The van der Waals surface area contributed by atoms with Crippen LogP contribution in [0.2, 0.25) is 0 Å². The van der Waals surface area contributed by atoms with Gasteiger partial charge in [0.15, 0.2) is 0 Å². The lowest BCUT2D eigenvalue weighted by Crippen LogP contribution is -2.40. The van der Waals surface area contributed by atoms with Gasteiger partial charge in [0, 0.05) is 31.6 Å². The zero-order valence-electron chi connectivity index (χ0n) is 14.5. The van der Waals surface area contributed by atoms with Crippen molar-refractivity contribution in [1.29, 1.82) is 0 Å². The Balaban J connectivity index is 0.00000243. The molecule has 1 atom stereocenters. The van der Waals surface area contributed by atoms with E-state index in [-0.39, 0.29) is 24.9 Å². The lowest BCUT2D eigenvalue weighted by molar-refractivity contribution is -0.123. The molecule has 0 saturated carbocycles. The molecule has 8 heteroatoms. The van der Waals surface area contributed by atoms with Crippen LogP contribution in [0.4, 0.5) is 8.78 Å². The summed E-state index contributed by atoms with van der Waals surface area (Å²) in [6.45, 7) is 1.39. The van der Waals surface area contributed by atoms with Gasteiger partial charge in [-0.25, -0.2) is 8.78 Å². The van der Waals surface area contributed by atoms with E-state index in [9.17, 15) is 18.4 Å². The highest BCUT2D eigenvalue weighted by Crippen LogP contribution is 2.25. The van der Waals surface area contributed by atoms with Crippen molar-refractivity contribution < 1.29 is 18.4 Å². The molecule has 2 aliphatic heterocycles. The van der Waals surface area contributed by atoms with Gasteiger partial charge in [0.05, 0.1) is 12.6 Å². The third-order valence-corrected chi connectivity index (χ3v) is 4.74. The number of benzene rings is 1. The standard InChI is InChI=1S/C18H23F2N3O2.ClH/c19-18(20)10-15(22-12-18)16(24)21-11-13-4-6-14(7-5-13)17(25)23-8-2-1-3-9-23;/h4-7,15,22H,1-3,8-12H2,(H,21,24);1H. The molecule has 0 spiro atoms. The van der Waals surface area contributed by atoms with Crippen LogP contribution in [0.25, 0.3) is 0 Å². The summed E-state index contributed by atoms with van der Waals surface area (Å²) in [5, 5.41) is 5.19. The Morgan fingerprint density at radius 1 is 1.15 bits per heavy atom. The summed E-state index contributed by atoms with van der Waals surface area (Å²) in [7, 11) is 0. The lowest BCUT2D eigenvalue weighted by Gasteiger charge is -2.26. The number of alkyl halides is 2. The van der Waals surface area contributed by atoms with E-state index < -0.39 is 30.8 Å². The Kier molecular flexibility index (Phi) is 6.94. The Labute approximate surface area is 157 Å². The smallest absolute Gasteiger partial charge is 0.262 e. The van der Waals surface area contributed by atoms with Crippen molar-refractivity contribution in [1.82, 2.24) is 15.5 Å². The number of piperidine rings is 1. The quantitative estimate of drug-likeness (QED) is 0.833. The zero-order chi connectivity index (χ0) is 17.9. The summed E-state index contributed by atoms with van der Waals surface area (Å²) in [5.74, 6) is -3.21. The van der Waals surface area contributed by atoms with Crippen molar-refractivity contribution in [2.45, 2.75) is 44.2 Å². The highest BCUT2D eigenvalue weighted by Gasteiger charge is 2.42. The molecule has 3 rings (SSSR count). The van der Waals surface area contributed by atoms with Gasteiger partial charge in [-0.1, -0.05) is 12.1 Å². The van der Waals surface area contributed by atoms with Crippen molar-refractivity contribution in [3.05, 3.63) is 35.4 Å². The first-order valence-electron chi connectivity index (χ1n) is 8.72. The highest BCUT2D eigenvalue weighted by molar-refractivity contribution is 5.94. The molecular formula is C18H24ClF2N3O2. The summed E-state index contributed by atoms with van der Waals surface area (Å²) < 4.78 is 26.2. The molecule has 0 aliphatic carbocycles. The molecule has 0 radical (unpaired) electrons. The zero-order valence-corrected chi connectivity index (χ0v) is 15.3. The number of nitrogens with zero attached hydrogens (tertiary/aromatic N) is 1. The maximum Gasteiger partial charge on any atom is 0.262 e. The summed E-state index contributed by atoms with van der Waals surface area (Å²) in [5.41, 5.74) is 1.46.